The lowest BCUT2D eigenvalue weighted by Crippen LogP contribution is -2.58. The number of rotatable bonds is 17. The van der Waals surface area contributed by atoms with Crippen LogP contribution in [0.1, 0.15) is 39.5 Å². The molecule has 0 aliphatic carbocycles. The summed E-state index contributed by atoms with van der Waals surface area (Å²) in [4.78, 5) is 64.1. The fourth-order valence-corrected chi connectivity index (χ4v) is 3.33. The summed E-state index contributed by atoms with van der Waals surface area (Å²) in [5, 5.41) is 25.3. The van der Waals surface area contributed by atoms with Crippen LogP contribution in [0.3, 0.4) is 0 Å². The molecular formula is C20H37N7O7S. The third-order valence-electron chi connectivity index (χ3n) is 4.79. The first-order valence-electron chi connectivity index (χ1n) is 11.0. The Hall–Kier alpha value is -3.07. The van der Waals surface area contributed by atoms with Gasteiger partial charge in [-0.3, -0.25) is 24.2 Å². The number of carboxylic acid groups (broad SMARTS) is 2. The van der Waals surface area contributed by atoms with Crippen LogP contribution >= 0.6 is 11.8 Å². The lowest BCUT2D eigenvalue weighted by atomic mass is 10.0. The van der Waals surface area contributed by atoms with Gasteiger partial charge in [-0.15, -0.1) is 0 Å². The van der Waals surface area contributed by atoms with Crippen molar-refractivity contribution in [3.8, 4) is 0 Å². The average Bonchev–Trinajstić information content (AvgIpc) is 2.75. The van der Waals surface area contributed by atoms with Gasteiger partial charge in [-0.2, -0.15) is 11.8 Å². The Bertz CT molecular complexity index is 775. The first-order chi connectivity index (χ1) is 16.3. The van der Waals surface area contributed by atoms with Gasteiger partial charge in [0.2, 0.25) is 17.7 Å². The number of aliphatic carboxylic acids is 2. The second-order valence-corrected chi connectivity index (χ2v) is 9.11. The highest BCUT2D eigenvalue weighted by molar-refractivity contribution is 7.98. The second-order valence-electron chi connectivity index (χ2n) is 8.13. The molecule has 0 aliphatic heterocycles. The molecule has 0 saturated heterocycles. The van der Waals surface area contributed by atoms with E-state index in [0.717, 1.165) is 0 Å². The summed E-state index contributed by atoms with van der Waals surface area (Å²) in [6.07, 6.45) is 1.97. The maximum atomic E-state index is 12.9. The maximum Gasteiger partial charge on any atom is 0.326 e. The third-order valence-corrected chi connectivity index (χ3v) is 5.43. The number of aliphatic imine (C=N–C) groups is 1. The van der Waals surface area contributed by atoms with Crippen molar-refractivity contribution in [2.24, 2.45) is 28.1 Å². The van der Waals surface area contributed by atoms with Crippen LogP contribution < -0.4 is 33.2 Å². The minimum Gasteiger partial charge on any atom is -0.481 e. The molecule has 0 aromatic rings. The molecule has 14 nitrogen and oxygen atoms in total. The van der Waals surface area contributed by atoms with E-state index in [1.54, 1.807) is 13.8 Å². The van der Waals surface area contributed by atoms with E-state index in [2.05, 4.69) is 20.9 Å². The monoisotopic (exact) mass is 519 g/mol. The first-order valence-corrected chi connectivity index (χ1v) is 12.3. The fourth-order valence-electron chi connectivity index (χ4n) is 2.86. The molecule has 11 N–H and O–H groups in total. The molecule has 4 atom stereocenters. The minimum absolute atomic E-state index is 0.0711. The maximum absolute atomic E-state index is 12.9. The molecular weight excluding hydrogens is 482 g/mol. The lowest BCUT2D eigenvalue weighted by Gasteiger charge is -2.27. The second kappa shape index (κ2) is 16.5. The predicted molar refractivity (Wildman–Crippen MR) is 131 cm³/mol. The van der Waals surface area contributed by atoms with E-state index in [0.29, 0.717) is 18.7 Å². The number of hydrogen-bond acceptors (Lipinski definition) is 8. The molecule has 3 amide bonds. The molecule has 200 valence electrons. The van der Waals surface area contributed by atoms with Crippen LogP contribution in [0.4, 0.5) is 0 Å². The molecule has 4 unspecified atom stereocenters. The number of hydrogen-bond donors (Lipinski definition) is 8. The van der Waals surface area contributed by atoms with Crippen molar-refractivity contribution < 1.29 is 34.2 Å². The Kier molecular flexibility index (Phi) is 15.1. The number of nitrogens with zero attached hydrogens (tertiary/aromatic N) is 1. The lowest BCUT2D eigenvalue weighted by molar-refractivity contribution is -0.147. The topological polar surface area (TPSA) is 252 Å². The Morgan fingerprint density at radius 2 is 1.51 bits per heavy atom. The van der Waals surface area contributed by atoms with Gasteiger partial charge in [-0.25, -0.2) is 4.79 Å². The summed E-state index contributed by atoms with van der Waals surface area (Å²) in [6.45, 7) is 3.54. The molecule has 0 aromatic carbocycles. The van der Waals surface area contributed by atoms with Crippen molar-refractivity contribution in [1.29, 1.82) is 0 Å². The molecule has 35 heavy (non-hydrogen) atoms. The van der Waals surface area contributed by atoms with Crippen LogP contribution in [0.15, 0.2) is 4.99 Å². The number of thioether (sulfide) groups is 1. The van der Waals surface area contributed by atoms with Gasteiger partial charge in [-0.05, 0) is 37.2 Å². The summed E-state index contributed by atoms with van der Waals surface area (Å²) in [7, 11) is 0. The smallest absolute Gasteiger partial charge is 0.326 e. The van der Waals surface area contributed by atoms with Crippen molar-refractivity contribution in [3.05, 3.63) is 0 Å². The highest BCUT2D eigenvalue weighted by Crippen LogP contribution is 2.08. The summed E-state index contributed by atoms with van der Waals surface area (Å²) >= 11 is 1.45. The normalized spacial score (nSPS) is 14.2. The largest absolute Gasteiger partial charge is 0.481 e. The molecule has 0 aromatic heterocycles. The van der Waals surface area contributed by atoms with Crippen LogP contribution in [0.2, 0.25) is 0 Å². The van der Waals surface area contributed by atoms with Crippen molar-refractivity contribution in [1.82, 2.24) is 16.0 Å². The summed E-state index contributed by atoms with van der Waals surface area (Å²) in [5.74, 6) is -5.01. The van der Waals surface area contributed by atoms with Gasteiger partial charge >= 0.3 is 11.9 Å². The highest BCUT2D eigenvalue weighted by atomic mass is 32.2. The first kappa shape index (κ1) is 31.9. The van der Waals surface area contributed by atoms with E-state index in [9.17, 15) is 24.0 Å². The van der Waals surface area contributed by atoms with Crippen molar-refractivity contribution in [2.45, 2.75) is 63.7 Å². The van der Waals surface area contributed by atoms with E-state index >= 15 is 0 Å². The zero-order chi connectivity index (χ0) is 27.1. The highest BCUT2D eigenvalue weighted by Gasteiger charge is 2.32. The SMILES string of the molecule is CSCCC(NC(=O)C(N)CCCN=C(N)N)C(=O)NC(C(=O)NC(CC(=O)O)C(=O)O)C(C)C. The molecule has 0 spiro atoms. The van der Waals surface area contributed by atoms with Gasteiger partial charge in [0, 0.05) is 6.54 Å². The number of carbonyl (C=O) groups excluding carboxylic acids is 3. The molecule has 0 heterocycles. The standard InChI is InChI=1S/C20H37N7O7S/c1-10(2)15(18(32)26-13(19(33)34)9-14(28)29)27-17(31)12(6-8-35-3)25-16(30)11(21)5-4-7-24-20(22)23/h10-13,15H,4-9,21H2,1-3H3,(H,25,30)(H,26,32)(H,27,31)(H,28,29)(H,33,34)(H4,22,23,24). The summed E-state index contributed by atoms with van der Waals surface area (Å²) in [5.41, 5.74) is 16.4. The van der Waals surface area contributed by atoms with Crippen LogP contribution in [0, 0.1) is 5.92 Å². The van der Waals surface area contributed by atoms with Crippen LogP contribution in [-0.2, 0) is 24.0 Å². The van der Waals surface area contributed by atoms with Crippen LogP contribution in [0.5, 0.6) is 0 Å². The van der Waals surface area contributed by atoms with Gasteiger partial charge in [0.15, 0.2) is 5.96 Å². The predicted octanol–water partition coefficient (Wildman–Crippen LogP) is -2.21. The van der Waals surface area contributed by atoms with Gasteiger partial charge < -0.3 is 43.4 Å². The third kappa shape index (κ3) is 13.4. The molecule has 0 rings (SSSR count). The Labute approximate surface area is 208 Å². The van der Waals surface area contributed by atoms with Gasteiger partial charge in [0.05, 0.1) is 12.5 Å². The number of guanidine groups is 1. The van der Waals surface area contributed by atoms with E-state index in [-0.39, 0.29) is 18.8 Å². The fraction of sp³-hybridized carbons (Fsp3) is 0.700. The number of nitrogens with one attached hydrogen (secondary N) is 3. The Morgan fingerprint density at radius 1 is 0.914 bits per heavy atom. The zero-order valence-corrected chi connectivity index (χ0v) is 21.0. The summed E-state index contributed by atoms with van der Waals surface area (Å²) in [6, 6.07) is -4.74. The van der Waals surface area contributed by atoms with Crippen molar-refractivity contribution in [2.75, 3.05) is 18.6 Å². The molecule has 0 fully saturated rings. The molecule has 0 bridgehead atoms. The molecule has 0 aliphatic rings. The van der Waals surface area contributed by atoms with Crippen molar-refractivity contribution >= 4 is 47.4 Å². The number of carbonyl (C=O) groups is 5. The molecule has 0 radical (unpaired) electrons. The average molecular weight is 520 g/mol. The van der Waals surface area contributed by atoms with Gasteiger partial charge in [-0.1, -0.05) is 13.8 Å². The Morgan fingerprint density at radius 3 is 2.00 bits per heavy atom. The Balaban J connectivity index is 5.30. The zero-order valence-electron chi connectivity index (χ0n) is 20.2. The van der Waals surface area contributed by atoms with Gasteiger partial charge in [0.1, 0.15) is 18.1 Å². The van der Waals surface area contributed by atoms with E-state index in [4.69, 9.17) is 27.4 Å². The van der Waals surface area contributed by atoms with E-state index < -0.39 is 66.2 Å². The molecule has 0 saturated carbocycles. The van der Waals surface area contributed by atoms with Crippen LogP contribution in [0.25, 0.3) is 0 Å². The van der Waals surface area contributed by atoms with Gasteiger partial charge in [0.25, 0.3) is 0 Å². The number of carboxylic acids is 2. The van der Waals surface area contributed by atoms with Crippen molar-refractivity contribution in [3.63, 3.8) is 0 Å². The van der Waals surface area contributed by atoms with Crippen LogP contribution in [-0.4, -0.2) is 88.6 Å². The summed E-state index contributed by atoms with van der Waals surface area (Å²) < 4.78 is 0. The number of amides is 3. The van der Waals surface area contributed by atoms with E-state index in [1.807, 2.05) is 6.26 Å². The van der Waals surface area contributed by atoms with E-state index in [1.165, 1.54) is 11.8 Å². The minimum atomic E-state index is -1.66. The molecule has 15 heteroatoms. The number of nitrogens with two attached hydrogens (primary N) is 3. The quantitative estimate of drug-likeness (QED) is 0.0580.